The molecule has 1 fully saturated rings. The normalized spacial score (nSPS) is 18.1. The highest BCUT2D eigenvalue weighted by Crippen LogP contribution is 2.28. The van der Waals surface area contributed by atoms with Gasteiger partial charge in [0.05, 0.1) is 11.9 Å². The SMILES string of the molecule is CC(C)C1CCN(c2cncc(Br)c2)CC1. The van der Waals surface area contributed by atoms with E-state index in [0.717, 1.165) is 16.3 Å². The van der Waals surface area contributed by atoms with Crippen molar-refractivity contribution in [3.05, 3.63) is 22.9 Å². The van der Waals surface area contributed by atoms with Crippen molar-refractivity contribution in [3.63, 3.8) is 0 Å². The van der Waals surface area contributed by atoms with Gasteiger partial charge < -0.3 is 4.90 Å². The van der Waals surface area contributed by atoms with Crippen LogP contribution in [0.4, 0.5) is 5.69 Å². The summed E-state index contributed by atoms with van der Waals surface area (Å²) in [5.41, 5.74) is 1.25. The molecule has 2 heterocycles. The van der Waals surface area contributed by atoms with E-state index < -0.39 is 0 Å². The van der Waals surface area contributed by atoms with Crippen molar-refractivity contribution in [2.24, 2.45) is 11.8 Å². The van der Waals surface area contributed by atoms with Gasteiger partial charge in [-0.2, -0.15) is 0 Å². The average molecular weight is 283 g/mol. The molecular formula is C13H19BrN2. The monoisotopic (exact) mass is 282 g/mol. The summed E-state index contributed by atoms with van der Waals surface area (Å²) in [6.07, 6.45) is 6.42. The van der Waals surface area contributed by atoms with Crippen LogP contribution < -0.4 is 4.90 Å². The summed E-state index contributed by atoms with van der Waals surface area (Å²) in [6, 6.07) is 2.16. The summed E-state index contributed by atoms with van der Waals surface area (Å²) in [5, 5.41) is 0. The molecule has 1 aliphatic heterocycles. The number of nitrogens with zero attached hydrogens (tertiary/aromatic N) is 2. The summed E-state index contributed by atoms with van der Waals surface area (Å²) in [7, 11) is 0. The molecule has 2 rings (SSSR count). The Hall–Kier alpha value is -0.570. The quantitative estimate of drug-likeness (QED) is 0.822. The van der Waals surface area contributed by atoms with E-state index in [9.17, 15) is 0 Å². The first-order chi connectivity index (χ1) is 7.66. The van der Waals surface area contributed by atoms with Gasteiger partial charge in [-0.1, -0.05) is 13.8 Å². The average Bonchev–Trinajstić information content (AvgIpc) is 2.29. The fourth-order valence-electron chi connectivity index (χ4n) is 2.40. The van der Waals surface area contributed by atoms with E-state index in [0.29, 0.717) is 0 Å². The van der Waals surface area contributed by atoms with Crippen molar-refractivity contribution in [1.82, 2.24) is 4.98 Å². The molecule has 88 valence electrons. The minimum absolute atomic E-state index is 0.822. The molecule has 0 N–H and O–H groups in total. The molecule has 1 aromatic rings. The van der Waals surface area contributed by atoms with Crippen molar-refractivity contribution in [2.45, 2.75) is 26.7 Å². The van der Waals surface area contributed by atoms with Gasteiger partial charge in [-0.3, -0.25) is 4.98 Å². The smallest absolute Gasteiger partial charge is 0.0564 e. The highest BCUT2D eigenvalue weighted by atomic mass is 79.9. The van der Waals surface area contributed by atoms with E-state index >= 15 is 0 Å². The topological polar surface area (TPSA) is 16.1 Å². The second-order valence-corrected chi connectivity index (χ2v) is 5.85. The molecule has 0 amide bonds. The molecule has 0 atom stereocenters. The van der Waals surface area contributed by atoms with E-state index in [-0.39, 0.29) is 0 Å². The van der Waals surface area contributed by atoms with E-state index in [1.54, 1.807) is 0 Å². The highest BCUT2D eigenvalue weighted by molar-refractivity contribution is 9.10. The Balaban J connectivity index is 1.99. The molecule has 0 aromatic carbocycles. The van der Waals surface area contributed by atoms with Crippen molar-refractivity contribution < 1.29 is 0 Å². The summed E-state index contributed by atoms with van der Waals surface area (Å²) in [6.45, 7) is 7.00. The third-order valence-corrected chi connectivity index (χ3v) is 3.97. The Morgan fingerprint density at radius 3 is 2.56 bits per heavy atom. The van der Waals surface area contributed by atoms with E-state index in [1.807, 2.05) is 12.4 Å². The van der Waals surface area contributed by atoms with Crippen LogP contribution in [0.3, 0.4) is 0 Å². The van der Waals surface area contributed by atoms with Crippen LogP contribution in [0.25, 0.3) is 0 Å². The molecule has 0 spiro atoms. The predicted molar refractivity (Wildman–Crippen MR) is 71.7 cm³/mol. The second kappa shape index (κ2) is 5.17. The Morgan fingerprint density at radius 2 is 2.00 bits per heavy atom. The van der Waals surface area contributed by atoms with Gasteiger partial charge >= 0.3 is 0 Å². The molecule has 1 aliphatic rings. The van der Waals surface area contributed by atoms with Gasteiger partial charge in [0.25, 0.3) is 0 Å². The molecule has 1 saturated heterocycles. The van der Waals surface area contributed by atoms with Crippen LogP contribution in [-0.2, 0) is 0 Å². The lowest BCUT2D eigenvalue weighted by molar-refractivity contribution is 0.311. The van der Waals surface area contributed by atoms with Crippen LogP contribution in [0.15, 0.2) is 22.9 Å². The summed E-state index contributed by atoms with van der Waals surface area (Å²) < 4.78 is 1.07. The molecule has 0 saturated carbocycles. The Labute approximate surface area is 106 Å². The fraction of sp³-hybridized carbons (Fsp3) is 0.615. The minimum atomic E-state index is 0.822. The van der Waals surface area contributed by atoms with E-state index in [2.05, 4.69) is 45.7 Å². The number of anilines is 1. The lowest BCUT2D eigenvalue weighted by Gasteiger charge is -2.35. The third kappa shape index (κ3) is 2.76. The summed E-state index contributed by atoms with van der Waals surface area (Å²) >= 11 is 3.47. The predicted octanol–water partition coefficient (Wildman–Crippen LogP) is 3.72. The van der Waals surface area contributed by atoms with Gasteiger partial charge in [0, 0.05) is 23.8 Å². The minimum Gasteiger partial charge on any atom is -0.370 e. The lowest BCUT2D eigenvalue weighted by atomic mass is 9.86. The fourth-order valence-corrected chi connectivity index (χ4v) is 2.75. The first kappa shape index (κ1) is 11.9. The Bertz CT molecular complexity index is 344. The van der Waals surface area contributed by atoms with Crippen LogP contribution in [-0.4, -0.2) is 18.1 Å². The molecule has 0 radical (unpaired) electrons. The zero-order valence-corrected chi connectivity index (χ0v) is 11.6. The van der Waals surface area contributed by atoms with Crippen LogP contribution in [0.2, 0.25) is 0 Å². The molecule has 2 nitrogen and oxygen atoms in total. The summed E-state index contributed by atoms with van der Waals surface area (Å²) in [5.74, 6) is 1.72. The molecule has 3 heteroatoms. The third-order valence-electron chi connectivity index (χ3n) is 3.54. The first-order valence-electron chi connectivity index (χ1n) is 6.02. The Morgan fingerprint density at radius 1 is 1.31 bits per heavy atom. The number of aromatic nitrogens is 1. The van der Waals surface area contributed by atoms with Crippen LogP contribution in [0, 0.1) is 11.8 Å². The number of halogens is 1. The van der Waals surface area contributed by atoms with Crippen LogP contribution in [0.1, 0.15) is 26.7 Å². The van der Waals surface area contributed by atoms with E-state index in [1.165, 1.54) is 31.6 Å². The molecule has 0 unspecified atom stereocenters. The molecule has 0 aliphatic carbocycles. The standard InChI is InChI=1S/C13H19BrN2/c1-10(2)11-3-5-16(6-4-11)13-7-12(14)8-15-9-13/h7-11H,3-6H2,1-2H3. The number of hydrogen-bond acceptors (Lipinski definition) is 2. The van der Waals surface area contributed by atoms with Gasteiger partial charge in [-0.15, -0.1) is 0 Å². The van der Waals surface area contributed by atoms with Gasteiger partial charge in [0.2, 0.25) is 0 Å². The zero-order chi connectivity index (χ0) is 11.5. The molecule has 1 aromatic heterocycles. The first-order valence-corrected chi connectivity index (χ1v) is 6.81. The molecule has 16 heavy (non-hydrogen) atoms. The van der Waals surface area contributed by atoms with Crippen molar-refractivity contribution in [3.8, 4) is 0 Å². The van der Waals surface area contributed by atoms with Crippen LogP contribution >= 0.6 is 15.9 Å². The number of pyridine rings is 1. The second-order valence-electron chi connectivity index (χ2n) is 4.93. The lowest BCUT2D eigenvalue weighted by Crippen LogP contribution is -2.35. The van der Waals surface area contributed by atoms with Crippen LogP contribution in [0.5, 0.6) is 0 Å². The highest BCUT2D eigenvalue weighted by Gasteiger charge is 2.21. The Kier molecular flexibility index (Phi) is 3.85. The van der Waals surface area contributed by atoms with Crippen molar-refractivity contribution in [2.75, 3.05) is 18.0 Å². The van der Waals surface area contributed by atoms with Gasteiger partial charge in [-0.25, -0.2) is 0 Å². The largest absolute Gasteiger partial charge is 0.370 e. The summed E-state index contributed by atoms with van der Waals surface area (Å²) in [4.78, 5) is 6.67. The molecular weight excluding hydrogens is 264 g/mol. The maximum absolute atomic E-state index is 4.23. The maximum Gasteiger partial charge on any atom is 0.0564 e. The van der Waals surface area contributed by atoms with E-state index in [4.69, 9.17) is 0 Å². The molecule has 0 bridgehead atoms. The number of piperidine rings is 1. The van der Waals surface area contributed by atoms with Gasteiger partial charge in [-0.05, 0) is 46.7 Å². The van der Waals surface area contributed by atoms with Gasteiger partial charge in [0.15, 0.2) is 0 Å². The number of hydrogen-bond donors (Lipinski definition) is 0. The maximum atomic E-state index is 4.23. The number of rotatable bonds is 2. The van der Waals surface area contributed by atoms with Gasteiger partial charge in [0.1, 0.15) is 0 Å². The van der Waals surface area contributed by atoms with Crippen molar-refractivity contribution >= 4 is 21.6 Å². The van der Waals surface area contributed by atoms with Crippen molar-refractivity contribution in [1.29, 1.82) is 0 Å². The zero-order valence-electron chi connectivity index (χ0n) is 9.99.